The lowest BCUT2D eigenvalue weighted by molar-refractivity contribution is 1.08. The van der Waals surface area contributed by atoms with Crippen LogP contribution in [0.15, 0.2) is 164 Å². The number of nitrogens with zero attached hydrogens (tertiary/aromatic N) is 3. The summed E-state index contributed by atoms with van der Waals surface area (Å²) in [6.45, 7) is 0. The van der Waals surface area contributed by atoms with E-state index < -0.39 is 0 Å². The van der Waals surface area contributed by atoms with Crippen molar-refractivity contribution in [2.24, 2.45) is 0 Å². The molecule has 1 heterocycles. The van der Waals surface area contributed by atoms with Gasteiger partial charge in [-0.05, 0) is 61.3 Å². The van der Waals surface area contributed by atoms with Crippen molar-refractivity contribution >= 4 is 10.8 Å². The molecule has 3 heteroatoms. The minimum atomic E-state index is 0.661. The lowest BCUT2D eigenvalue weighted by Crippen LogP contribution is -2.00. The third-order valence-electron chi connectivity index (χ3n) is 8.89. The molecule has 0 bridgehead atoms. The molecular weight excluding hydrogens is 558 g/mol. The molecule has 7 aromatic carbocycles. The molecule has 0 saturated heterocycles. The maximum absolute atomic E-state index is 5.09. The van der Waals surface area contributed by atoms with E-state index in [0.29, 0.717) is 17.5 Å². The Morgan fingerprint density at radius 2 is 0.652 bits per heavy atom. The molecule has 0 spiro atoms. The first-order valence-electron chi connectivity index (χ1n) is 15.5. The maximum Gasteiger partial charge on any atom is 0.164 e. The third-order valence-corrected chi connectivity index (χ3v) is 8.89. The Labute approximate surface area is 267 Å². The molecule has 0 radical (unpaired) electrons. The summed E-state index contributed by atoms with van der Waals surface area (Å²) < 4.78 is 0. The molecular formula is C43H27N3. The van der Waals surface area contributed by atoms with E-state index in [2.05, 4.69) is 103 Å². The molecule has 1 aliphatic rings. The van der Waals surface area contributed by atoms with E-state index in [1.54, 1.807) is 0 Å². The summed E-state index contributed by atoms with van der Waals surface area (Å²) in [6, 6.07) is 57.4. The number of rotatable bonds is 5. The summed E-state index contributed by atoms with van der Waals surface area (Å²) in [5.74, 6) is 1.99. The molecule has 9 rings (SSSR count). The highest BCUT2D eigenvalue weighted by molar-refractivity contribution is 6.23. The number of hydrogen-bond acceptors (Lipinski definition) is 3. The van der Waals surface area contributed by atoms with E-state index >= 15 is 0 Å². The molecule has 1 aliphatic carbocycles. The van der Waals surface area contributed by atoms with Crippen LogP contribution in [-0.2, 0) is 0 Å². The zero-order valence-corrected chi connectivity index (χ0v) is 24.9. The van der Waals surface area contributed by atoms with Gasteiger partial charge in [-0.15, -0.1) is 0 Å². The predicted octanol–water partition coefficient (Wildman–Crippen LogP) is 11.0. The van der Waals surface area contributed by atoms with E-state index in [0.717, 1.165) is 22.1 Å². The molecule has 0 amide bonds. The Morgan fingerprint density at radius 1 is 0.261 bits per heavy atom. The van der Waals surface area contributed by atoms with E-state index in [1.165, 1.54) is 49.9 Å². The number of fused-ring (bicyclic) bond motifs is 3. The first kappa shape index (κ1) is 26.2. The Morgan fingerprint density at radius 3 is 1.15 bits per heavy atom. The van der Waals surface area contributed by atoms with E-state index in [-0.39, 0.29) is 0 Å². The van der Waals surface area contributed by atoms with Gasteiger partial charge < -0.3 is 0 Å². The topological polar surface area (TPSA) is 38.7 Å². The fourth-order valence-corrected chi connectivity index (χ4v) is 6.83. The van der Waals surface area contributed by atoms with Crippen LogP contribution in [0.5, 0.6) is 0 Å². The number of benzene rings is 7. The van der Waals surface area contributed by atoms with Gasteiger partial charge >= 0.3 is 0 Å². The number of aromatic nitrogens is 3. The second kappa shape index (κ2) is 10.8. The molecule has 8 aromatic rings. The molecule has 0 saturated carbocycles. The second-order valence-corrected chi connectivity index (χ2v) is 11.6. The molecule has 0 unspecified atom stereocenters. The largest absolute Gasteiger partial charge is 0.208 e. The van der Waals surface area contributed by atoms with Gasteiger partial charge in [0, 0.05) is 16.7 Å². The molecule has 0 fully saturated rings. The van der Waals surface area contributed by atoms with Crippen molar-refractivity contribution in [3.8, 4) is 78.7 Å². The van der Waals surface area contributed by atoms with Crippen molar-refractivity contribution in [1.29, 1.82) is 0 Å². The summed E-state index contributed by atoms with van der Waals surface area (Å²) in [5.41, 5.74) is 12.8. The Kier molecular flexibility index (Phi) is 6.14. The molecule has 0 N–H and O–H groups in total. The van der Waals surface area contributed by atoms with Crippen molar-refractivity contribution in [1.82, 2.24) is 15.0 Å². The normalized spacial score (nSPS) is 11.5. The van der Waals surface area contributed by atoms with E-state index in [4.69, 9.17) is 15.0 Å². The lowest BCUT2D eigenvalue weighted by atomic mass is 9.88. The monoisotopic (exact) mass is 585 g/mol. The van der Waals surface area contributed by atoms with Crippen LogP contribution in [0.2, 0.25) is 0 Å². The van der Waals surface area contributed by atoms with Gasteiger partial charge in [0.25, 0.3) is 0 Å². The molecule has 0 atom stereocenters. The van der Waals surface area contributed by atoms with Crippen molar-refractivity contribution in [3.05, 3.63) is 164 Å². The highest BCUT2D eigenvalue weighted by atomic mass is 15.0. The summed E-state index contributed by atoms with van der Waals surface area (Å²) in [6.07, 6.45) is 0. The van der Waals surface area contributed by atoms with Gasteiger partial charge in [0.05, 0.1) is 0 Å². The number of hydrogen-bond donors (Lipinski definition) is 0. The molecule has 3 nitrogen and oxygen atoms in total. The van der Waals surface area contributed by atoms with Gasteiger partial charge in [-0.1, -0.05) is 158 Å². The smallest absolute Gasteiger partial charge is 0.164 e. The molecule has 46 heavy (non-hydrogen) atoms. The van der Waals surface area contributed by atoms with Gasteiger partial charge in [-0.2, -0.15) is 0 Å². The fourth-order valence-electron chi connectivity index (χ4n) is 6.83. The summed E-state index contributed by atoms with van der Waals surface area (Å²) in [5, 5.41) is 2.37. The van der Waals surface area contributed by atoms with Gasteiger partial charge in [0.15, 0.2) is 17.5 Å². The van der Waals surface area contributed by atoms with Crippen molar-refractivity contribution in [2.75, 3.05) is 0 Å². The predicted molar refractivity (Wildman–Crippen MR) is 189 cm³/mol. The van der Waals surface area contributed by atoms with Crippen LogP contribution in [0.25, 0.3) is 89.4 Å². The van der Waals surface area contributed by atoms with Crippen molar-refractivity contribution in [2.45, 2.75) is 0 Å². The van der Waals surface area contributed by atoms with Crippen LogP contribution in [-0.4, -0.2) is 15.0 Å². The van der Waals surface area contributed by atoms with Crippen LogP contribution in [0, 0.1) is 0 Å². The third kappa shape index (κ3) is 4.25. The SMILES string of the molecule is c1ccc(-c2nc(-c3ccccc3)nc(-c3ccc4c5c(cccc35)-c3c(-c5ccccc5)ccc(-c5ccccc5)c3-4)n2)cc1. The quantitative estimate of drug-likeness (QED) is 0.202. The lowest BCUT2D eigenvalue weighted by Gasteiger charge is -2.15. The highest BCUT2D eigenvalue weighted by Gasteiger charge is 2.29. The first-order chi connectivity index (χ1) is 22.8. The minimum absolute atomic E-state index is 0.661. The fraction of sp³-hybridized carbons (Fsp3) is 0. The van der Waals surface area contributed by atoms with Crippen molar-refractivity contribution < 1.29 is 0 Å². The van der Waals surface area contributed by atoms with Gasteiger partial charge in [-0.3, -0.25) is 0 Å². The molecule has 1 aromatic heterocycles. The Balaban J connectivity index is 1.32. The van der Waals surface area contributed by atoms with Gasteiger partial charge in [0.1, 0.15) is 0 Å². The highest BCUT2D eigenvalue weighted by Crippen LogP contribution is 2.55. The van der Waals surface area contributed by atoms with Gasteiger partial charge in [-0.25, -0.2) is 15.0 Å². The summed E-state index contributed by atoms with van der Waals surface area (Å²) >= 11 is 0. The standard InChI is InChI=1S/C43H27N3/c1-5-14-28(15-6-1)32-24-25-33(29-16-7-2-8-17-29)40-37-27-26-35(34-22-13-23-36(38(34)37)39(32)40)43-45-41(30-18-9-3-10-19-30)44-42(46-43)31-20-11-4-12-21-31/h1-27H. The summed E-state index contributed by atoms with van der Waals surface area (Å²) in [7, 11) is 0. The zero-order chi connectivity index (χ0) is 30.5. The average molecular weight is 586 g/mol. The molecule has 0 aliphatic heterocycles. The van der Waals surface area contributed by atoms with Crippen LogP contribution in [0.1, 0.15) is 0 Å². The maximum atomic E-state index is 5.09. The Bertz CT molecular complexity index is 2250. The van der Waals surface area contributed by atoms with Crippen LogP contribution in [0.3, 0.4) is 0 Å². The van der Waals surface area contributed by atoms with Crippen LogP contribution in [0.4, 0.5) is 0 Å². The van der Waals surface area contributed by atoms with E-state index in [1.807, 2.05) is 60.7 Å². The summed E-state index contributed by atoms with van der Waals surface area (Å²) in [4.78, 5) is 15.1. The van der Waals surface area contributed by atoms with Crippen molar-refractivity contribution in [3.63, 3.8) is 0 Å². The minimum Gasteiger partial charge on any atom is -0.208 e. The van der Waals surface area contributed by atoms with Gasteiger partial charge in [0.2, 0.25) is 0 Å². The average Bonchev–Trinajstić information content (AvgIpc) is 3.48. The van der Waals surface area contributed by atoms with Crippen LogP contribution < -0.4 is 0 Å². The first-order valence-corrected chi connectivity index (χ1v) is 15.5. The van der Waals surface area contributed by atoms with E-state index in [9.17, 15) is 0 Å². The molecule has 214 valence electrons. The van der Waals surface area contributed by atoms with Crippen LogP contribution >= 0.6 is 0 Å². The zero-order valence-electron chi connectivity index (χ0n) is 24.9. The Hall–Kier alpha value is -6.19. The second-order valence-electron chi connectivity index (χ2n) is 11.6.